The molecule has 0 spiro atoms. The van der Waals surface area contributed by atoms with Crippen molar-refractivity contribution >= 4 is 10.8 Å². The van der Waals surface area contributed by atoms with Gasteiger partial charge in [0.2, 0.25) is 0 Å². The fourth-order valence-electron chi connectivity index (χ4n) is 2.59. The van der Waals surface area contributed by atoms with Gasteiger partial charge in [-0.2, -0.15) is 0 Å². The van der Waals surface area contributed by atoms with Gasteiger partial charge in [0.15, 0.2) is 0 Å². The summed E-state index contributed by atoms with van der Waals surface area (Å²) in [6, 6.07) is 8.27. The molecule has 1 aliphatic heterocycles. The fraction of sp³-hybridized carbons (Fsp3) is 0.333. The van der Waals surface area contributed by atoms with Gasteiger partial charge in [-0.15, -0.1) is 0 Å². The summed E-state index contributed by atoms with van der Waals surface area (Å²) in [4.78, 5) is 0. The molecule has 0 saturated carbocycles. The molecule has 2 aromatic rings. The molecule has 0 radical (unpaired) electrons. The molecular formula is C15H16O2. The maximum Gasteiger partial charge on any atom is 0.130 e. The van der Waals surface area contributed by atoms with Crippen LogP contribution in [0.25, 0.3) is 10.8 Å². The number of rotatable bonds is 0. The SMILES string of the molecule is Cc1ccc2c(C)ccc3c2c1OCC3(C)O. The predicted molar refractivity (Wildman–Crippen MR) is 68.5 cm³/mol. The van der Waals surface area contributed by atoms with E-state index in [1.165, 1.54) is 10.9 Å². The van der Waals surface area contributed by atoms with Crippen molar-refractivity contribution in [2.45, 2.75) is 26.4 Å². The molecule has 88 valence electrons. The van der Waals surface area contributed by atoms with Crippen molar-refractivity contribution in [3.8, 4) is 5.75 Å². The Labute approximate surface area is 101 Å². The number of hydrogen-bond donors (Lipinski definition) is 1. The second kappa shape index (κ2) is 3.23. The van der Waals surface area contributed by atoms with Crippen molar-refractivity contribution in [1.82, 2.24) is 0 Å². The van der Waals surface area contributed by atoms with Crippen molar-refractivity contribution in [3.05, 3.63) is 41.0 Å². The van der Waals surface area contributed by atoms with Gasteiger partial charge in [-0.1, -0.05) is 24.3 Å². The summed E-state index contributed by atoms with van der Waals surface area (Å²) in [6.45, 7) is 6.26. The number of hydrogen-bond acceptors (Lipinski definition) is 2. The summed E-state index contributed by atoms with van der Waals surface area (Å²) in [5.74, 6) is 0.924. The second-order valence-electron chi connectivity index (χ2n) is 5.13. The number of aliphatic hydroxyl groups is 1. The predicted octanol–water partition coefficient (Wildman–Crippen LogP) is 3.06. The van der Waals surface area contributed by atoms with Crippen LogP contribution in [0, 0.1) is 13.8 Å². The minimum atomic E-state index is -0.896. The molecule has 0 bridgehead atoms. The molecule has 2 aromatic carbocycles. The third kappa shape index (κ3) is 1.37. The Morgan fingerprint density at radius 3 is 2.59 bits per heavy atom. The van der Waals surface area contributed by atoms with Crippen LogP contribution in [0.15, 0.2) is 24.3 Å². The molecule has 2 heteroatoms. The second-order valence-corrected chi connectivity index (χ2v) is 5.13. The number of ether oxygens (including phenoxy) is 1. The Kier molecular flexibility index (Phi) is 2.02. The summed E-state index contributed by atoms with van der Waals surface area (Å²) in [5.41, 5.74) is 2.42. The quantitative estimate of drug-likeness (QED) is 0.751. The molecule has 1 heterocycles. The van der Waals surface area contributed by atoms with Crippen LogP contribution in [-0.4, -0.2) is 11.7 Å². The van der Waals surface area contributed by atoms with E-state index in [2.05, 4.69) is 25.1 Å². The molecule has 1 N–H and O–H groups in total. The summed E-state index contributed by atoms with van der Waals surface area (Å²) in [6.07, 6.45) is 0. The fourth-order valence-corrected chi connectivity index (χ4v) is 2.59. The lowest BCUT2D eigenvalue weighted by Crippen LogP contribution is -2.33. The molecule has 17 heavy (non-hydrogen) atoms. The van der Waals surface area contributed by atoms with E-state index in [4.69, 9.17) is 4.74 Å². The monoisotopic (exact) mass is 228 g/mol. The van der Waals surface area contributed by atoms with Crippen LogP contribution in [0.5, 0.6) is 5.75 Å². The third-order valence-corrected chi connectivity index (χ3v) is 3.63. The molecule has 0 aromatic heterocycles. The van der Waals surface area contributed by atoms with Gasteiger partial charge in [0, 0.05) is 5.39 Å². The topological polar surface area (TPSA) is 29.5 Å². The summed E-state index contributed by atoms with van der Waals surface area (Å²) < 4.78 is 5.75. The summed E-state index contributed by atoms with van der Waals surface area (Å²) >= 11 is 0. The van der Waals surface area contributed by atoms with E-state index in [-0.39, 0.29) is 0 Å². The molecule has 0 aliphatic carbocycles. The minimum Gasteiger partial charge on any atom is -0.489 e. The lowest BCUT2D eigenvalue weighted by molar-refractivity contribution is 0.00353. The zero-order valence-electron chi connectivity index (χ0n) is 10.4. The highest BCUT2D eigenvalue weighted by atomic mass is 16.5. The summed E-state index contributed by atoms with van der Waals surface area (Å²) in [7, 11) is 0. The Morgan fingerprint density at radius 1 is 1.12 bits per heavy atom. The Hall–Kier alpha value is -1.54. The first-order valence-corrected chi connectivity index (χ1v) is 5.89. The standard InChI is InChI=1S/C15H16O2/c1-9-5-7-12-13-11(9)6-4-10(2)14(13)17-8-15(12,3)16/h4-7,16H,8H2,1-3H3. The highest BCUT2D eigenvalue weighted by Crippen LogP contribution is 2.42. The molecule has 1 aliphatic rings. The highest BCUT2D eigenvalue weighted by Gasteiger charge is 2.32. The third-order valence-electron chi connectivity index (χ3n) is 3.63. The van der Waals surface area contributed by atoms with Crippen LogP contribution in [0.1, 0.15) is 23.6 Å². The van der Waals surface area contributed by atoms with Gasteiger partial charge in [0.25, 0.3) is 0 Å². The van der Waals surface area contributed by atoms with Gasteiger partial charge in [0.1, 0.15) is 18.0 Å². The largest absolute Gasteiger partial charge is 0.489 e. The molecule has 1 unspecified atom stereocenters. The van der Waals surface area contributed by atoms with Crippen molar-refractivity contribution in [1.29, 1.82) is 0 Å². The lowest BCUT2D eigenvalue weighted by Gasteiger charge is -2.32. The highest BCUT2D eigenvalue weighted by molar-refractivity contribution is 5.95. The number of aryl methyl sites for hydroxylation is 2. The summed E-state index contributed by atoms with van der Waals surface area (Å²) in [5, 5.41) is 12.6. The lowest BCUT2D eigenvalue weighted by atomic mass is 9.86. The molecule has 0 saturated heterocycles. The maximum absolute atomic E-state index is 10.4. The van der Waals surface area contributed by atoms with Crippen molar-refractivity contribution < 1.29 is 9.84 Å². The average molecular weight is 228 g/mol. The molecule has 2 nitrogen and oxygen atoms in total. The molecule has 3 rings (SSSR count). The zero-order chi connectivity index (χ0) is 12.2. The Morgan fingerprint density at radius 2 is 1.82 bits per heavy atom. The van der Waals surface area contributed by atoms with Gasteiger partial charge in [0.05, 0.1) is 0 Å². The van der Waals surface area contributed by atoms with E-state index in [9.17, 15) is 5.11 Å². The van der Waals surface area contributed by atoms with E-state index in [0.717, 1.165) is 22.3 Å². The van der Waals surface area contributed by atoms with Gasteiger partial charge < -0.3 is 9.84 Å². The van der Waals surface area contributed by atoms with Crippen LogP contribution in [-0.2, 0) is 5.60 Å². The van der Waals surface area contributed by atoms with E-state index in [0.29, 0.717) is 6.61 Å². The molecule has 0 amide bonds. The van der Waals surface area contributed by atoms with Gasteiger partial charge in [-0.25, -0.2) is 0 Å². The zero-order valence-corrected chi connectivity index (χ0v) is 10.4. The van der Waals surface area contributed by atoms with Crippen LogP contribution in [0.2, 0.25) is 0 Å². The Balaban J connectivity index is 2.52. The minimum absolute atomic E-state index is 0.322. The van der Waals surface area contributed by atoms with Crippen LogP contribution >= 0.6 is 0 Å². The average Bonchev–Trinajstić information content (AvgIpc) is 2.27. The van der Waals surface area contributed by atoms with Crippen LogP contribution in [0.3, 0.4) is 0 Å². The molecular weight excluding hydrogens is 212 g/mol. The normalized spacial score (nSPS) is 22.6. The van der Waals surface area contributed by atoms with Crippen molar-refractivity contribution in [3.63, 3.8) is 0 Å². The van der Waals surface area contributed by atoms with Gasteiger partial charge in [-0.05, 0) is 42.8 Å². The molecule has 0 fully saturated rings. The van der Waals surface area contributed by atoms with E-state index < -0.39 is 5.60 Å². The van der Waals surface area contributed by atoms with Gasteiger partial charge >= 0.3 is 0 Å². The van der Waals surface area contributed by atoms with Crippen LogP contribution < -0.4 is 4.74 Å². The maximum atomic E-state index is 10.4. The van der Waals surface area contributed by atoms with Crippen LogP contribution in [0.4, 0.5) is 0 Å². The smallest absolute Gasteiger partial charge is 0.130 e. The van der Waals surface area contributed by atoms with Crippen molar-refractivity contribution in [2.24, 2.45) is 0 Å². The van der Waals surface area contributed by atoms with E-state index in [1.807, 2.05) is 19.9 Å². The molecule has 1 atom stereocenters. The van der Waals surface area contributed by atoms with E-state index in [1.54, 1.807) is 0 Å². The first-order chi connectivity index (χ1) is 8.00. The van der Waals surface area contributed by atoms with E-state index >= 15 is 0 Å². The van der Waals surface area contributed by atoms with Gasteiger partial charge in [-0.3, -0.25) is 0 Å². The first kappa shape index (κ1) is 10.6. The first-order valence-electron chi connectivity index (χ1n) is 5.89. The number of benzene rings is 2. The Bertz CT molecular complexity index is 612. The van der Waals surface area contributed by atoms with Crippen molar-refractivity contribution in [2.75, 3.05) is 6.61 Å².